The van der Waals surface area contributed by atoms with E-state index in [9.17, 15) is 35.2 Å². The molecule has 0 aromatic heterocycles. The molecule has 1 aromatic carbocycles. The minimum Gasteiger partial charge on any atom is -0.418 e. The van der Waals surface area contributed by atoms with Crippen LogP contribution in [0.3, 0.4) is 0 Å². The fraction of sp³-hybridized carbons (Fsp3) is 0.333. The molecule has 0 fully saturated rings. The summed E-state index contributed by atoms with van der Waals surface area (Å²) in [4.78, 5) is 14.6. The average Bonchev–Trinajstić information content (AvgIpc) is 2.40. The second-order valence-corrected chi connectivity index (χ2v) is 6.67. The molecule has 0 atom stereocenters. The first kappa shape index (κ1) is 22.3. The van der Waals surface area contributed by atoms with Crippen LogP contribution in [0.25, 0.3) is 0 Å². The molecule has 0 unspecified atom stereocenters. The fourth-order valence-corrected chi connectivity index (χ4v) is 1.98. The van der Waals surface area contributed by atoms with Crippen LogP contribution in [-0.4, -0.2) is 43.4 Å². The highest BCUT2D eigenvalue weighted by Gasteiger charge is 2.41. The topological polar surface area (TPSA) is 38.7 Å². The minimum atomic E-state index is -6.00. The average molecular weight is 379 g/mol. The van der Waals surface area contributed by atoms with Crippen molar-refractivity contribution < 1.29 is 40.1 Å². The lowest BCUT2D eigenvalue weighted by molar-refractivity contribution is -0.199. The second-order valence-electron chi connectivity index (χ2n) is 4.41. The van der Waals surface area contributed by atoms with Gasteiger partial charge in [0.2, 0.25) is 0 Å². The van der Waals surface area contributed by atoms with E-state index in [1.807, 2.05) is 12.5 Å². The van der Waals surface area contributed by atoms with E-state index in [4.69, 9.17) is 0 Å². The van der Waals surface area contributed by atoms with Gasteiger partial charge in [-0.05, 0) is 10.9 Å². The normalized spacial score (nSPS) is 12.5. The number of oxime groups is 1. The molecule has 1 aromatic rings. The number of carbonyl (C=O) groups excluding carboxylic acids is 1. The lowest BCUT2D eigenvalue weighted by Crippen LogP contribution is -2.25. The molecule has 0 amide bonds. The summed E-state index contributed by atoms with van der Waals surface area (Å²) in [6.45, 7) is 0. The molecule has 0 bridgehead atoms. The smallest absolute Gasteiger partial charge is 0.418 e. The monoisotopic (exact) mass is 379 g/mol. The Hall–Kier alpha value is -1.72. The third kappa shape index (κ3) is 11.8. The van der Waals surface area contributed by atoms with Crippen molar-refractivity contribution in [3.05, 3.63) is 35.9 Å². The maximum Gasteiger partial charge on any atom is 0.673 e. The predicted octanol–water partition coefficient (Wildman–Crippen LogP) is 3.67. The van der Waals surface area contributed by atoms with Crippen molar-refractivity contribution in [2.45, 2.75) is 6.18 Å². The van der Waals surface area contributed by atoms with Crippen LogP contribution in [0.15, 0.2) is 35.5 Å². The Labute approximate surface area is 136 Å². The molecule has 0 aliphatic heterocycles. The van der Waals surface area contributed by atoms with E-state index in [1.165, 1.54) is 0 Å². The van der Waals surface area contributed by atoms with Gasteiger partial charge < -0.3 is 22.1 Å². The third-order valence-electron chi connectivity index (χ3n) is 2.00. The first-order chi connectivity index (χ1) is 10.8. The molecule has 24 heavy (non-hydrogen) atoms. The Kier molecular flexibility index (Phi) is 8.87. The number of carbonyl (C=O) groups is 1. The van der Waals surface area contributed by atoms with Crippen LogP contribution in [0.2, 0.25) is 0 Å². The van der Waals surface area contributed by atoms with E-state index >= 15 is 0 Å². The highest BCUT2D eigenvalue weighted by atomic mass is 32.2. The predicted molar refractivity (Wildman–Crippen MR) is 79.4 cm³/mol. The summed E-state index contributed by atoms with van der Waals surface area (Å²) in [6, 6.07) is 8.65. The Bertz CT molecular complexity index is 541. The SMILES string of the molecule is C[S+](C)CC(=NOC(=O)C(F)(F)F)c1ccccc1.F[B-](F)(F)F. The number of nitrogens with zero attached hydrogens (tertiary/aromatic N) is 1. The van der Waals surface area contributed by atoms with Crippen molar-refractivity contribution in [3.8, 4) is 0 Å². The van der Waals surface area contributed by atoms with E-state index in [1.54, 1.807) is 30.3 Å². The van der Waals surface area contributed by atoms with Crippen molar-refractivity contribution >= 4 is 29.8 Å². The highest BCUT2D eigenvalue weighted by Crippen LogP contribution is 2.17. The van der Waals surface area contributed by atoms with Gasteiger partial charge in [-0.2, -0.15) is 13.2 Å². The Morgan fingerprint density at radius 1 is 1.12 bits per heavy atom. The largest absolute Gasteiger partial charge is 0.673 e. The molecule has 12 heteroatoms. The zero-order valence-electron chi connectivity index (χ0n) is 12.5. The van der Waals surface area contributed by atoms with Crippen molar-refractivity contribution in [3.63, 3.8) is 0 Å². The molecule has 3 nitrogen and oxygen atoms in total. The van der Waals surface area contributed by atoms with Crippen LogP contribution < -0.4 is 0 Å². The molecule has 0 heterocycles. The van der Waals surface area contributed by atoms with Gasteiger partial charge in [0.15, 0.2) is 5.75 Å². The summed E-state index contributed by atoms with van der Waals surface area (Å²) in [7, 11) is -6.09. The van der Waals surface area contributed by atoms with Gasteiger partial charge in [-0.25, -0.2) is 4.79 Å². The molecule has 0 radical (unpaired) electrons. The first-order valence-corrected chi connectivity index (χ1v) is 8.33. The molecule has 0 saturated heterocycles. The highest BCUT2D eigenvalue weighted by molar-refractivity contribution is 7.96. The summed E-state index contributed by atoms with van der Waals surface area (Å²) < 4.78 is 75.1. The fourth-order valence-electron chi connectivity index (χ4n) is 1.21. The molecule has 1 rings (SSSR count). The molecular weight excluding hydrogens is 366 g/mol. The Balaban J connectivity index is 0.000000922. The summed E-state index contributed by atoms with van der Waals surface area (Å²) in [5, 5.41) is 3.35. The first-order valence-electron chi connectivity index (χ1n) is 6.12. The number of hydrogen-bond acceptors (Lipinski definition) is 3. The molecule has 0 aliphatic rings. The Morgan fingerprint density at radius 2 is 1.58 bits per heavy atom. The molecule has 136 valence electrons. The summed E-state index contributed by atoms with van der Waals surface area (Å²) in [5.41, 5.74) is 0.963. The van der Waals surface area contributed by atoms with E-state index in [-0.39, 0.29) is 10.9 Å². The number of benzene rings is 1. The second kappa shape index (κ2) is 9.55. The molecule has 0 aliphatic carbocycles. The zero-order chi connectivity index (χ0) is 19.0. The third-order valence-corrected chi connectivity index (χ3v) is 2.85. The molecular formula is C12H13BF7NO2S. The van der Waals surface area contributed by atoms with E-state index < -0.39 is 19.4 Å². The summed E-state index contributed by atoms with van der Waals surface area (Å²) in [6.07, 6.45) is -1.19. The van der Waals surface area contributed by atoms with Crippen LogP contribution in [0, 0.1) is 0 Å². The van der Waals surface area contributed by atoms with Gasteiger partial charge in [-0.3, -0.25) is 0 Å². The Morgan fingerprint density at radius 3 is 1.96 bits per heavy atom. The van der Waals surface area contributed by atoms with Gasteiger partial charge in [-0.15, -0.1) is 0 Å². The van der Waals surface area contributed by atoms with Gasteiger partial charge in [-0.1, -0.05) is 35.5 Å². The standard InChI is InChI=1S/C12H13F3NO2S.BF4/c1-19(2)8-10(9-6-4-3-5-7-9)16-18-11(17)12(13,14)15;2-1(3,4)5/h3-7H,8H2,1-2H3;/q+1;-1. The van der Waals surface area contributed by atoms with Gasteiger partial charge >= 0.3 is 19.4 Å². The van der Waals surface area contributed by atoms with E-state index in [2.05, 4.69) is 9.99 Å². The van der Waals surface area contributed by atoms with Gasteiger partial charge in [0, 0.05) is 5.56 Å². The maximum atomic E-state index is 12.0. The van der Waals surface area contributed by atoms with Crippen LogP contribution >= 0.6 is 0 Å². The molecule has 0 spiro atoms. The van der Waals surface area contributed by atoms with Crippen molar-refractivity contribution in [1.82, 2.24) is 0 Å². The van der Waals surface area contributed by atoms with Crippen LogP contribution in [0.4, 0.5) is 30.4 Å². The number of rotatable bonds is 4. The molecule has 0 saturated carbocycles. The summed E-state index contributed by atoms with van der Waals surface area (Å²) in [5.74, 6) is -1.87. The van der Waals surface area contributed by atoms with Crippen molar-refractivity contribution in [1.29, 1.82) is 0 Å². The van der Waals surface area contributed by atoms with Gasteiger partial charge in [0.25, 0.3) is 0 Å². The zero-order valence-corrected chi connectivity index (χ0v) is 13.3. The maximum absolute atomic E-state index is 12.0. The van der Waals surface area contributed by atoms with Gasteiger partial charge in [0.1, 0.15) is 5.71 Å². The summed E-state index contributed by atoms with van der Waals surface area (Å²) >= 11 is 0. The van der Waals surface area contributed by atoms with Crippen LogP contribution in [0.5, 0.6) is 0 Å². The number of alkyl halides is 3. The molecule has 0 N–H and O–H groups in total. The number of halogens is 7. The quantitative estimate of drug-likeness (QED) is 0.200. The van der Waals surface area contributed by atoms with Crippen molar-refractivity contribution in [2.24, 2.45) is 5.16 Å². The van der Waals surface area contributed by atoms with E-state index in [0.29, 0.717) is 17.0 Å². The lowest BCUT2D eigenvalue weighted by atomic mass is 10.1. The lowest BCUT2D eigenvalue weighted by Gasteiger charge is -2.05. The van der Waals surface area contributed by atoms with Crippen LogP contribution in [-0.2, 0) is 20.5 Å². The minimum absolute atomic E-state index is 0.0853. The van der Waals surface area contributed by atoms with Crippen molar-refractivity contribution in [2.75, 3.05) is 18.3 Å². The van der Waals surface area contributed by atoms with Crippen LogP contribution in [0.1, 0.15) is 5.56 Å². The van der Waals surface area contributed by atoms with Gasteiger partial charge in [0.05, 0.1) is 12.5 Å². The van der Waals surface area contributed by atoms with E-state index in [0.717, 1.165) is 0 Å². The number of hydrogen-bond donors (Lipinski definition) is 0.